The van der Waals surface area contributed by atoms with E-state index in [1.54, 1.807) is 32.7 Å². The van der Waals surface area contributed by atoms with Crippen molar-refractivity contribution in [3.63, 3.8) is 0 Å². The van der Waals surface area contributed by atoms with Crippen molar-refractivity contribution in [2.24, 2.45) is 0 Å². The Kier molecular flexibility index (Phi) is 5.05. The molecule has 0 saturated carbocycles. The molecule has 9 nitrogen and oxygen atoms in total. The third kappa shape index (κ3) is 3.46. The van der Waals surface area contributed by atoms with Crippen molar-refractivity contribution >= 4 is 22.6 Å². The summed E-state index contributed by atoms with van der Waals surface area (Å²) < 4.78 is 19.3. The maximum atomic E-state index is 13.1. The zero-order valence-corrected chi connectivity index (χ0v) is 19.6. The van der Waals surface area contributed by atoms with Crippen LogP contribution in [0, 0.1) is 0 Å². The highest BCUT2D eigenvalue weighted by atomic mass is 16.5. The Labute approximate surface area is 202 Å². The normalized spacial score (nSPS) is 16.7. The molecule has 4 heterocycles. The van der Waals surface area contributed by atoms with Gasteiger partial charge in [0.2, 0.25) is 5.75 Å². The summed E-state index contributed by atoms with van der Waals surface area (Å²) in [4.78, 5) is 24.4. The lowest BCUT2D eigenvalue weighted by Gasteiger charge is -2.44. The van der Waals surface area contributed by atoms with Crippen LogP contribution in [0.5, 0.6) is 17.2 Å². The molecule has 0 radical (unpaired) electrons. The van der Waals surface area contributed by atoms with Crippen LogP contribution in [0.4, 0.5) is 5.82 Å². The minimum absolute atomic E-state index is 0.0641. The van der Waals surface area contributed by atoms with Crippen molar-refractivity contribution < 1.29 is 19.0 Å². The number of carbonyl (C=O) groups excluding carboxylic acids is 1. The van der Waals surface area contributed by atoms with E-state index in [1.807, 2.05) is 41.2 Å². The fourth-order valence-electron chi connectivity index (χ4n) is 5.11. The number of nitrogens with zero attached hydrogens (tertiary/aromatic N) is 5. The van der Waals surface area contributed by atoms with Crippen LogP contribution in [-0.4, -0.2) is 58.4 Å². The largest absolute Gasteiger partial charge is 0.493 e. The molecule has 2 aliphatic rings. The topological polar surface area (TPSA) is 91.6 Å². The number of anilines is 1. The van der Waals surface area contributed by atoms with E-state index in [0.717, 1.165) is 22.5 Å². The van der Waals surface area contributed by atoms with Crippen LogP contribution >= 0.6 is 0 Å². The molecule has 35 heavy (non-hydrogen) atoms. The Morgan fingerprint density at radius 1 is 1.00 bits per heavy atom. The summed E-state index contributed by atoms with van der Waals surface area (Å²) in [5, 5.41) is 5.46. The molecule has 0 unspecified atom stereocenters. The summed E-state index contributed by atoms with van der Waals surface area (Å²) >= 11 is 0. The number of ether oxygens (including phenoxy) is 3. The molecule has 0 atom stereocenters. The van der Waals surface area contributed by atoms with Crippen LogP contribution in [0.25, 0.3) is 16.7 Å². The van der Waals surface area contributed by atoms with E-state index in [9.17, 15) is 4.79 Å². The fourth-order valence-corrected chi connectivity index (χ4v) is 5.11. The molecule has 0 N–H and O–H groups in total. The number of Topliss-reactive ketones (excluding diaryl/α,β-unsaturated/α-hetero) is 1. The van der Waals surface area contributed by atoms with Crippen molar-refractivity contribution in [3.8, 4) is 22.9 Å². The molecule has 1 spiro atoms. The van der Waals surface area contributed by atoms with Gasteiger partial charge in [-0.25, -0.2) is 14.6 Å². The lowest BCUT2D eigenvalue weighted by atomic mass is 9.82. The van der Waals surface area contributed by atoms with E-state index in [-0.39, 0.29) is 5.78 Å². The Balaban J connectivity index is 1.28. The molecule has 2 aliphatic heterocycles. The molecule has 0 bridgehead atoms. The summed E-state index contributed by atoms with van der Waals surface area (Å²) in [5.74, 6) is 2.39. The number of rotatable bonds is 4. The third-order valence-electron chi connectivity index (χ3n) is 6.92. The van der Waals surface area contributed by atoms with Crippen molar-refractivity contribution in [2.45, 2.75) is 24.9 Å². The van der Waals surface area contributed by atoms with Crippen LogP contribution in [0.1, 0.15) is 29.6 Å². The van der Waals surface area contributed by atoms with Gasteiger partial charge < -0.3 is 19.1 Å². The SMILES string of the molecule is COc1ccc2c(c1OC)OC1(CCN(c3ncnc4c3cnn4-c3ccccc3)CC1)CC2=O. The number of ketones is 1. The lowest BCUT2D eigenvalue weighted by molar-refractivity contribution is 0.0207. The van der Waals surface area contributed by atoms with Crippen molar-refractivity contribution in [1.82, 2.24) is 19.7 Å². The first-order valence-electron chi connectivity index (χ1n) is 11.6. The van der Waals surface area contributed by atoms with Gasteiger partial charge in [-0.15, -0.1) is 0 Å². The maximum Gasteiger partial charge on any atom is 0.204 e. The van der Waals surface area contributed by atoms with Crippen molar-refractivity contribution in [2.75, 3.05) is 32.2 Å². The number of piperidine rings is 1. The second-order valence-corrected chi connectivity index (χ2v) is 8.88. The molecular formula is C26H25N5O4. The van der Waals surface area contributed by atoms with E-state index < -0.39 is 5.60 Å². The van der Waals surface area contributed by atoms with Gasteiger partial charge in [0.1, 0.15) is 17.7 Å². The number of para-hydroxylation sites is 1. The highest BCUT2D eigenvalue weighted by Crippen LogP contribution is 2.48. The number of aromatic nitrogens is 4. The zero-order valence-electron chi connectivity index (χ0n) is 19.6. The molecule has 0 amide bonds. The highest BCUT2D eigenvalue weighted by Gasteiger charge is 2.45. The molecule has 9 heteroatoms. The van der Waals surface area contributed by atoms with E-state index in [4.69, 9.17) is 14.2 Å². The first kappa shape index (κ1) is 21.4. The van der Waals surface area contributed by atoms with Gasteiger partial charge in [0.25, 0.3) is 0 Å². The van der Waals surface area contributed by atoms with Crippen LogP contribution < -0.4 is 19.1 Å². The average Bonchev–Trinajstić information content (AvgIpc) is 3.33. The van der Waals surface area contributed by atoms with Gasteiger partial charge in [0, 0.05) is 25.9 Å². The molecule has 1 fully saturated rings. The van der Waals surface area contributed by atoms with E-state index in [1.165, 1.54) is 0 Å². The molecule has 4 aromatic rings. The third-order valence-corrected chi connectivity index (χ3v) is 6.92. The molecule has 6 rings (SSSR count). The van der Waals surface area contributed by atoms with E-state index in [2.05, 4.69) is 20.0 Å². The first-order valence-corrected chi connectivity index (χ1v) is 11.6. The standard InChI is InChI=1S/C26H25N5O4/c1-33-21-9-8-18-20(32)14-26(35-22(18)23(21)34-2)10-12-30(13-11-26)24-19-15-29-31(25(19)28-16-27-24)17-6-4-3-5-7-17/h3-9,15-16H,10-14H2,1-2H3. The Hall–Kier alpha value is -4.14. The minimum atomic E-state index is -0.583. The van der Waals surface area contributed by atoms with E-state index in [0.29, 0.717) is 55.2 Å². The molecular weight excluding hydrogens is 446 g/mol. The number of fused-ring (bicyclic) bond motifs is 2. The predicted octanol–water partition coefficient (Wildman–Crippen LogP) is 3.84. The average molecular weight is 472 g/mol. The second-order valence-electron chi connectivity index (χ2n) is 8.88. The van der Waals surface area contributed by atoms with E-state index >= 15 is 0 Å². The smallest absolute Gasteiger partial charge is 0.204 e. The van der Waals surface area contributed by atoms with Crippen LogP contribution in [0.3, 0.4) is 0 Å². The Morgan fingerprint density at radius 2 is 1.80 bits per heavy atom. The highest BCUT2D eigenvalue weighted by molar-refractivity contribution is 6.01. The van der Waals surface area contributed by atoms with Gasteiger partial charge in [-0.1, -0.05) is 18.2 Å². The van der Waals surface area contributed by atoms with Gasteiger partial charge in [-0.05, 0) is 24.3 Å². The molecule has 1 saturated heterocycles. The maximum absolute atomic E-state index is 13.1. The summed E-state index contributed by atoms with van der Waals surface area (Å²) in [7, 11) is 3.14. The quantitative estimate of drug-likeness (QED) is 0.443. The molecule has 178 valence electrons. The molecule has 0 aliphatic carbocycles. The van der Waals surface area contributed by atoms with Gasteiger partial charge in [-0.3, -0.25) is 4.79 Å². The van der Waals surface area contributed by atoms with Crippen LogP contribution in [0.2, 0.25) is 0 Å². The molecule has 2 aromatic heterocycles. The van der Waals surface area contributed by atoms with Gasteiger partial charge >= 0.3 is 0 Å². The lowest BCUT2D eigenvalue weighted by Crippen LogP contribution is -2.51. The monoisotopic (exact) mass is 471 g/mol. The Morgan fingerprint density at radius 3 is 2.54 bits per heavy atom. The summed E-state index contributed by atoms with van der Waals surface area (Å²) in [6.45, 7) is 1.38. The van der Waals surface area contributed by atoms with Crippen LogP contribution in [0.15, 0.2) is 55.0 Å². The van der Waals surface area contributed by atoms with Gasteiger partial charge in [0.15, 0.2) is 22.9 Å². The van der Waals surface area contributed by atoms with Gasteiger partial charge in [-0.2, -0.15) is 5.10 Å². The number of carbonyl (C=O) groups is 1. The Bertz CT molecular complexity index is 1410. The fraction of sp³-hybridized carbons (Fsp3) is 0.308. The second kappa shape index (κ2) is 8.26. The number of methoxy groups -OCH3 is 2. The predicted molar refractivity (Wildman–Crippen MR) is 130 cm³/mol. The molecule has 2 aromatic carbocycles. The number of hydrogen-bond acceptors (Lipinski definition) is 8. The first-order chi connectivity index (χ1) is 17.1. The summed E-state index contributed by atoms with van der Waals surface area (Å²) in [5.41, 5.74) is 1.67. The van der Waals surface area contributed by atoms with Crippen LogP contribution in [-0.2, 0) is 0 Å². The van der Waals surface area contributed by atoms with Gasteiger partial charge in [0.05, 0.1) is 43.5 Å². The number of benzene rings is 2. The summed E-state index contributed by atoms with van der Waals surface area (Å²) in [6.07, 6.45) is 5.09. The van der Waals surface area contributed by atoms with Crippen molar-refractivity contribution in [3.05, 3.63) is 60.6 Å². The number of hydrogen-bond donors (Lipinski definition) is 0. The summed E-state index contributed by atoms with van der Waals surface area (Å²) in [6, 6.07) is 13.4. The van der Waals surface area contributed by atoms with Crippen molar-refractivity contribution in [1.29, 1.82) is 0 Å². The minimum Gasteiger partial charge on any atom is -0.493 e. The zero-order chi connectivity index (χ0) is 24.0.